The predicted octanol–water partition coefficient (Wildman–Crippen LogP) is 5.25. The van der Waals surface area contributed by atoms with Crippen LogP contribution in [0.15, 0.2) is 48.6 Å². The Kier molecular flexibility index (Phi) is 8.00. The summed E-state index contributed by atoms with van der Waals surface area (Å²) in [4.78, 5) is 15.4. The summed E-state index contributed by atoms with van der Waals surface area (Å²) in [6.45, 7) is 5.48. The predicted molar refractivity (Wildman–Crippen MR) is 154 cm³/mol. The molecular weight excluding hydrogens is 536 g/mol. The highest BCUT2D eigenvalue weighted by atomic mass is 35.5. The fraction of sp³-hybridized carbons (Fsp3) is 0.500. The number of sulfonamides is 1. The third-order valence-electron chi connectivity index (χ3n) is 8.87. The lowest BCUT2D eigenvalue weighted by atomic mass is 9.58. The summed E-state index contributed by atoms with van der Waals surface area (Å²) in [5, 5.41) is 11.0. The van der Waals surface area contributed by atoms with Crippen molar-refractivity contribution in [1.29, 1.82) is 0 Å². The van der Waals surface area contributed by atoms with E-state index >= 15 is 0 Å². The third kappa shape index (κ3) is 5.83. The van der Waals surface area contributed by atoms with Crippen LogP contribution in [-0.2, 0) is 23.1 Å². The van der Waals surface area contributed by atoms with E-state index in [0.29, 0.717) is 23.9 Å². The van der Waals surface area contributed by atoms with E-state index < -0.39 is 27.3 Å². The average molecular weight is 573 g/mol. The molecule has 1 aliphatic carbocycles. The van der Waals surface area contributed by atoms with Crippen LogP contribution >= 0.6 is 11.6 Å². The smallest absolute Gasteiger partial charge is 0.264 e. The van der Waals surface area contributed by atoms with Gasteiger partial charge in [0.1, 0.15) is 12.4 Å². The van der Waals surface area contributed by atoms with Gasteiger partial charge in [-0.2, -0.15) is 0 Å². The number of benzene rings is 2. The lowest BCUT2D eigenvalue weighted by Crippen LogP contribution is -2.51. The molecule has 1 fully saturated rings. The van der Waals surface area contributed by atoms with Gasteiger partial charge in [0.15, 0.2) is 0 Å². The second-order valence-electron chi connectivity index (χ2n) is 11.4. The summed E-state index contributed by atoms with van der Waals surface area (Å²) in [7, 11) is -3.91. The van der Waals surface area contributed by atoms with Crippen molar-refractivity contribution in [3.8, 4) is 5.75 Å². The van der Waals surface area contributed by atoms with Crippen LogP contribution in [0, 0.1) is 11.3 Å². The average Bonchev–Trinajstić information content (AvgIpc) is 2.92. The van der Waals surface area contributed by atoms with Crippen LogP contribution in [0.3, 0.4) is 0 Å². The number of ether oxygens (including phenoxy) is 1. The first-order valence-corrected chi connectivity index (χ1v) is 15.7. The van der Waals surface area contributed by atoms with Crippen LogP contribution in [0.25, 0.3) is 0 Å². The van der Waals surface area contributed by atoms with Gasteiger partial charge >= 0.3 is 0 Å². The van der Waals surface area contributed by atoms with Gasteiger partial charge in [0.25, 0.3) is 5.91 Å². The van der Waals surface area contributed by atoms with Gasteiger partial charge in [-0.05, 0) is 92.8 Å². The number of aliphatic hydroxyl groups is 1. The summed E-state index contributed by atoms with van der Waals surface area (Å²) >= 11 is 6.29. The minimum Gasteiger partial charge on any atom is -0.487 e. The van der Waals surface area contributed by atoms with Crippen molar-refractivity contribution in [2.75, 3.05) is 18.0 Å². The van der Waals surface area contributed by atoms with Crippen molar-refractivity contribution in [2.24, 2.45) is 11.3 Å². The Morgan fingerprint density at radius 1 is 1.15 bits per heavy atom. The minimum atomic E-state index is -3.91. The first-order chi connectivity index (χ1) is 18.6. The minimum absolute atomic E-state index is 0.206. The number of hydrogen-bond acceptors (Lipinski definition) is 6. The number of allylic oxidation sites excluding steroid dienone is 1. The topological polar surface area (TPSA) is 95.9 Å². The normalized spacial score (nSPS) is 30.0. The van der Waals surface area contributed by atoms with Gasteiger partial charge in [-0.3, -0.25) is 4.79 Å². The highest BCUT2D eigenvalue weighted by Crippen LogP contribution is 2.50. The van der Waals surface area contributed by atoms with Gasteiger partial charge in [0.2, 0.25) is 10.0 Å². The summed E-state index contributed by atoms with van der Waals surface area (Å²) < 4.78 is 34.4. The number of fused-ring (bicyclic) bond motifs is 3. The molecule has 2 heterocycles. The van der Waals surface area contributed by atoms with E-state index in [0.717, 1.165) is 49.9 Å². The van der Waals surface area contributed by atoms with E-state index in [1.807, 2.05) is 18.2 Å². The Balaban J connectivity index is 1.57. The van der Waals surface area contributed by atoms with Crippen LogP contribution in [0.4, 0.5) is 5.69 Å². The van der Waals surface area contributed by atoms with Crippen molar-refractivity contribution in [1.82, 2.24) is 4.72 Å². The van der Waals surface area contributed by atoms with Crippen molar-refractivity contribution < 1.29 is 23.1 Å². The summed E-state index contributed by atoms with van der Waals surface area (Å²) in [6, 6.07) is 11.0. The Morgan fingerprint density at radius 3 is 2.74 bits per heavy atom. The van der Waals surface area contributed by atoms with Crippen LogP contribution in [0.5, 0.6) is 5.75 Å². The molecule has 2 aromatic rings. The maximum atomic E-state index is 13.1. The molecule has 3 aliphatic rings. The molecule has 0 spiro atoms. The lowest BCUT2D eigenvalue weighted by Gasteiger charge is -2.51. The first-order valence-electron chi connectivity index (χ1n) is 13.8. The molecule has 2 N–H and O–H groups in total. The Morgan fingerprint density at radius 2 is 1.97 bits per heavy atom. The van der Waals surface area contributed by atoms with Gasteiger partial charge < -0.3 is 14.7 Å². The van der Waals surface area contributed by atoms with Crippen molar-refractivity contribution in [2.45, 2.75) is 70.3 Å². The zero-order valence-corrected chi connectivity index (χ0v) is 24.1. The number of halogens is 1. The number of nitrogens with zero attached hydrogens (tertiary/aromatic N) is 1. The van der Waals surface area contributed by atoms with E-state index in [4.69, 9.17) is 16.3 Å². The summed E-state index contributed by atoms with van der Waals surface area (Å²) in [5.74, 6) is 0.206. The zero-order chi connectivity index (χ0) is 27.8. The molecule has 0 aromatic heterocycles. The number of aliphatic hydroxyl groups excluding tert-OH is 1. The van der Waals surface area contributed by atoms with Crippen LogP contribution in [-0.4, -0.2) is 43.9 Å². The number of anilines is 1. The summed E-state index contributed by atoms with van der Waals surface area (Å²) in [5.41, 5.74) is 2.95. The molecule has 1 saturated carbocycles. The molecule has 2 aliphatic heterocycles. The highest BCUT2D eigenvalue weighted by Gasteiger charge is 2.47. The fourth-order valence-electron chi connectivity index (χ4n) is 5.87. The van der Waals surface area contributed by atoms with Gasteiger partial charge in [0, 0.05) is 29.1 Å². The molecule has 4 atom stereocenters. The molecule has 210 valence electrons. The molecule has 1 amide bonds. The standard InChI is InChI=1S/C30H37ClN2O5S/c1-20-6-5-8-28(34)30(2)14-13-24(30)18-33-15-4-3-7-21-16-25(31)11-9-23(21)19-38-27-12-10-22(17-26(27)33)29(35)32-39(20,36)37/h5,8-12,16-17,20,24,28,34H,3-4,6-7,13-15,18-19H2,1-2H3,(H,32,35)/b8-5+/t20-,24-,28+,30+/m1/s1. The largest absolute Gasteiger partial charge is 0.487 e. The number of carbonyl (C=O) groups is 1. The van der Waals surface area contributed by atoms with E-state index in [9.17, 15) is 18.3 Å². The van der Waals surface area contributed by atoms with Crippen molar-refractivity contribution in [3.05, 3.63) is 70.3 Å². The van der Waals surface area contributed by atoms with Crippen molar-refractivity contribution >= 4 is 33.2 Å². The Hall–Kier alpha value is -2.55. The molecule has 39 heavy (non-hydrogen) atoms. The molecule has 0 unspecified atom stereocenters. The second kappa shape index (κ2) is 11.1. The van der Waals surface area contributed by atoms with Crippen LogP contribution < -0.4 is 14.4 Å². The molecule has 2 aromatic carbocycles. The molecule has 5 rings (SSSR count). The van der Waals surface area contributed by atoms with Gasteiger partial charge in [-0.25, -0.2) is 13.1 Å². The lowest BCUT2D eigenvalue weighted by molar-refractivity contribution is -0.0466. The van der Waals surface area contributed by atoms with Gasteiger partial charge in [-0.1, -0.05) is 36.7 Å². The zero-order valence-electron chi connectivity index (χ0n) is 22.5. The second-order valence-corrected chi connectivity index (χ2v) is 14.0. The number of aryl methyl sites for hydroxylation is 1. The van der Waals surface area contributed by atoms with E-state index in [-0.39, 0.29) is 23.3 Å². The maximum Gasteiger partial charge on any atom is 0.264 e. The molecule has 2 bridgehead atoms. The Labute approximate surface area is 236 Å². The quantitative estimate of drug-likeness (QED) is 0.419. The van der Waals surface area contributed by atoms with Gasteiger partial charge in [-0.15, -0.1) is 0 Å². The van der Waals surface area contributed by atoms with E-state index in [2.05, 4.69) is 16.5 Å². The van der Waals surface area contributed by atoms with E-state index in [1.54, 1.807) is 37.3 Å². The van der Waals surface area contributed by atoms with Crippen LogP contribution in [0.2, 0.25) is 5.02 Å². The number of amides is 1. The fourth-order valence-corrected chi connectivity index (χ4v) is 7.01. The number of rotatable bonds is 0. The number of carbonyl (C=O) groups excluding carboxylic acids is 1. The maximum absolute atomic E-state index is 13.1. The molecule has 9 heteroatoms. The van der Waals surface area contributed by atoms with Crippen LogP contribution in [0.1, 0.15) is 67.4 Å². The third-order valence-corrected chi connectivity index (χ3v) is 10.8. The van der Waals surface area contributed by atoms with Crippen molar-refractivity contribution in [3.63, 3.8) is 0 Å². The van der Waals surface area contributed by atoms with Gasteiger partial charge in [0.05, 0.1) is 17.0 Å². The molecule has 0 saturated heterocycles. The summed E-state index contributed by atoms with van der Waals surface area (Å²) in [6.07, 6.45) is 7.62. The van der Waals surface area contributed by atoms with E-state index in [1.165, 1.54) is 5.56 Å². The first kappa shape index (κ1) is 28.0. The number of hydrogen-bond donors (Lipinski definition) is 2. The number of nitrogens with one attached hydrogen (secondary N) is 1. The monoisotopic (exact) mass is 572 g/mol. The Bertz CT molecular complexity index is 1380. The molecule has 7 nitrogen and oxygen atoms in total. The molecular formula is C30H37ClN2O5S. The molecule has 0 radical (unpaired) electrons. The SMILES string of the molecule is C[C@@H]1C/C=C/[C@H](O)[C@@]2(C)CC[C@@H]2CN2CCCCc3cc(Cl)ccc3COc3ccc(cc32)C(=O)NS1(=O)=O. The highest BCUT2D eigenvalue weighted by molar-refractivity contribution is 7.90.